The molecule has 2 atom stereocenters. The van der Waals surface area contributed by atoms with Crippen molar-refractivity contribution < 1.29 is 30.0 Å². The third kappa shape index (κ3) is 6.06. The smallest absolute Gasteiger partial charge is 0.143 e. The molecular weight excluding hydrogens is 185 g/mol. The predicted molar refractivity (Wildman–Crippen MR) is 35.5 cm³/mol. The van der Waals surface area contributed by atoms with Gasteiger partial charge in [-0.15, -0.1) is 0 Å². The number of allylic oxidation sites excluding steroid dienone is 1. The molecule has 0 fully saturated rings. The number of carboxylic acids is 1. The first kappa shape index (κ1) is 11.3. The number of carbonyl (C=O) groups is 1. The number of quaternary nitrogens is 1. The van der Waals surface area contributed by atoms with E-state index in [0.29, 0.717) is 0 Å². The van der Waals surface area contributed by atoms with E-state index in [-0.39, 0.29) is 0 Å². The summed E-state index contributed by atoms with van der Waals surface area (Å²) in [6.07, 6.45) is 1.46. The van der Waals surface area contributed by atoms with Crippen LogP contribution in [0.3, 0.4) is 0 Å². The fourth-order valence-corrected chi connectivity index (χ4v) is 0.825. The molecule has 0 radical (unpaired) electrons. The van der Waals surface area contributed by atoms with E-state index >= 15 is 0 Å². The third-order valence-electron chi connectivity index (χ3n) is 1.01. The van der Waals surface area contributed by atoms with E-state index in [9.17, 15) is 19.4 Å². The van der Waals surface area contributed by atoms with Gasteiger partial charge in [0.1, 0.15) is 19.6 Å². The molecule has 0 aliphatic heterocycles. The quantitative estimate of drug-likeness (QED) is 0.353. The summed E-state index contributed by atoms with van der Waals surface area (Å²) >= 11 is 0. The summed E-state index contributed by atoms with van der Waals surface area (Å²) in [5.41, 5.74) is 3.13. The molecule has 0 rings (SSSR count). The molecule has 0 aromatic rings. The Hall–Kier alpha value is -0.680. The van der Waals surface area contributed by atoms with Gasteiger partial charge in [0.2, 0.25) is 0 Å². The van der Waals surface area contributed by atoms with Gasteiger partial charge in [0.05, 0.1) is 0 Å². The van der Waals surface area contributed by atoms with Crippen molar-refractivity contribution in [3.05, 3.63) is 12.2 Å². The van der Waals surface area contributed by atoms with E-state index in [1.54, 1.807) is 0 Å². The first-order valence-corrected chi connectivity index (χ1v) is 4.82. The van der Waals surface area contributed by atoms with Crippen LogP contribution in [-0.2, 0) is 9.36 Å². The molecule has 0 saturated carbocycles. The lowest BCUT2D eigenvalue weighted by atomic mass is 10.3. The van der Waals surface area contributed by atoms with E-state index in [4.69, 9.17) is 4.89 Å². The topological polar surface area (TPSA) is 128 Å². The normalized spacial score (nSPS) is 18.9. The molecule has 1 unspecified atom stereocenters. The minimum atomic E-state index is -4.33. The monoisotopic (exact) mass is 194 g/mol. The maximum Gasteiger partial charge on any atom is 0.143 e. The zero-order chi connectivity index (χ0) is 9.78. The second-order valence-electron chi connectivity index (χ2n) is 2.17. The molecule has 0 bridgehead atoms. The standard InChI is InChI=1S/C5H10NO5P/c6-4(5(7)8)2-1-3-12(9,10)11/h1-2,4H,3,6H2,(H,7,8)(H2,9,10,11)/p-1/b2-1-/t4-/m0/s1. The van der Waals surface area contributed by atoms with Crippen molar-refractivity contribution in [3.8, 4) is 0 Å². The van der Waals surface area contributed by atoms with Crippen molar-refractivity contribution in [2.45, 2.75) is 6.04 Å². The third-order valence-corrected chi connectivity index (χ3v) is 1.68. The summed E-state index contributed by atoms with van der Waals surface area (Å²) in [6, 6.07) is -1.10. The number of aliphatic carboxylic acids is 1. The summed E-state index contributed by atoms with van der Waals surface area (Å²) in [5, 5.41) is 10.0. The lowest BCUT2D eigenvalue weighted by molar-refractivity contribution is -0.424. The van der Waals surface area contributed by atoms with Gasteiger partial charge in [0, 0.05) is 6.16 Å². The van der Waals surface area contributed by atoms with Crippen molar-refractivity contribution in [1.29, 1.82) is 0 Å². The molecule has 70 valence electrons. The number of rotatable bonds is 4. The van der Waals surface area contributed by atoms with Gasteiger partial charge in [0.15, 0.2) is 0 Å². The zero-order valence-electron chi connectivity index (χ0n) is 6.17. The van der Waals surface area contributed by atoms with E-state index in [1.807, 2.05) is 0 Å². The zero-order valence-corrected chi connectivity index (χ0v) is 7.07. The fourth-order valence-electron chi connectivity index (χ4n) is 0.437. The molecule has 4 N–H and O–H groups in total. The highest BCUT2D eigenvalue weighted by Gasteiger charge is 2.01. The van der Waals surface area contributed by atoms with Gasteiger partial charge in [-0.1, -0.05) is 6.08 Å². The van der Waals surface area contributed by atoms with E-state index in [2.05, 4.69) is 5.73 Å². The maximum absolute atomic E-state index is 10.1. The summed E-state index contributed by atoms with van der Waals surface area (Å²) in [6.45, 7) is 0. The second kappa shape index (κ2) is 4.37. The average molecular weight is 194 g/mol. The summed E-state index contributed by atoms with van der Waals surface area (Å²) in [7, 11) is -4.33. The number of carbonyl (C=O) groups excluding carboxylic acids is 1. The SMILES string of the molecule is [NH3+][C@@H](/C=C\CP(=O)([O-])O)C(=O)[O-]. The van der Waals surface area contributed by atoms with Crippen LogP contribution in [0.25, 0.3) is 0 Å². The molecule has 12 heavy (non-hydrogen) atoms. The Morgan fingerprint density at radius 3 is 2.58 bits per heavy atom. The number of hydrogen-bond donors (Lipinski definition) is 2. The van der Waals surface area contributed by atoms with Crippen LogP contribution >= 0.6 is 7.60 Å². The highest BCUT2D eigenvalue weighted by molar-refractivity contribution is 7.50. The van der Waals surface area contributed by atoms with Crippen molar-refractivity contribution in [2.24, 2.45) is 0 Å². The Labute approximate surface area is 68.9 Å². The van der Waals surface area contributed by atoms with Crippen LogP contribution in [0.5, 0.6) is 0 Å². The van der Waals surface area contributed by atoms with E-state index < -0.39 is 25.8 Å². The molecule has 0 saturated heterocycles. The Morgan fingerprint density at radius 2 is 2.25 bits per heavy atom. The van der Waals surface area contributed by atoms with Crippen LogP contribution in [0.1, 0.15) is 0 Å². The first-order valence-electron chi connectivity index (χ1n) is 3.06. The molecule has 0 aromatic heterocycles. The molecule has 0 heterocycles. The van der Waals surface area contributed by atoms with Gasteiger partial charge in [0.25, 0.3) is 0 Å². The molecule has 0 aliphatic carbocycles. The molecule has 0 aliphatic rings. The average Bonchev–Trinajstić information content (AvgIpc) is 1.84. The summed E-state index contributed by atoms with van der Waals surface area (Å²) in [5.74, 6) is -1.40. The van der Waals surface area contributed by atoms with Gasteiger partial charge in [-0.25, -0.2) is 0 Å². The van der Waals surface area contributed by atoms with E-state index in [1.165, 1.54) is 0 Å². The number of carboxylic acid groups (broad SMARTS) is 1. The predicted octanol–water partition coefficient (Wildman–Crippen LogP) is -3.55. The maximum atomic E-state index is 10.1. The molecule has 0 spiro atoms. The van der Waals surface area contributed by atoms with Gasteiger partial charge in [-0.05, 0) is 6.08 Å². The first-order chi connectivity index (χ1) is 5.33. The van der Waals surface area contributed by atoms with Crippen LogP contribution in [0.4, 0.5) is 0 Å². The Morgan fingerprint density at radius 1 is 1.75 bits per heavy atom. The minimum Gasteiger partial charge on any atom is -0.778 e. The second-order valence-corrected chi connectivity index (χ2v) is 3.81. The lowest BCUT2D eigenvalue weighted by Gasteiger charge is -2.12. The van der Waals surface area contributed by atoms with Crippen LogP contribution in [-0.4, -0.2) is 23.1 Å². The highest BCUT2D eigenvalue weighted by Crippen LogP contribution is 2.27. The fraction of sp³-hybridized carbons (Fsp3) is 0.400. The van der Waals surface area contributed by atoms with Crippen LogP contribution in [0.2, 0.25) is 0 Å². The molecular formula is C5H9NO5P-. The van der Waals surface area contributed by atoms with E-state index in [0.717, 1.165) is 12.2 Å². The number of hydrogen-bond acceptors (Lipinski definition) is 4. The Balaban J connectivity index is 3.93. The van der Waals surface area contributed by atoms with Crippen LogP contribution in [0.15, 0.2) is 12.2 Å². The minimum absolute atomic E-state index is 0.591. The van der Waals surface area contributed by atoms with Crippen molar-refractivity contribution in [3.63, 3.8) is 0 Å². The van der Waals surface area contributed by atoms with Gasteiger partial charge in [-0.2, -0.15) is 0 Å². The Bertz CT molecular complexity index is 232. The van der Waals surface area contributed by atoms with Crippen molar-refractivity contribution in [2.75, 3.05) is 6.16 Å². The van der Waals surface area contributed by atoms with Crippen molar-refractivity contribution >= 4 is 13.6 Å². The summed E-state index contributed by atoms with van der Waals surface area (Å²) in [4.78, 5) is 28.4. The molecule has 0 amide bonds. The largest absolute Gasteiger partial charge is 0.778 e. The molecule has 0 aromatic carbocycles. The van der Waals surface area contributed by atoms with Crippen LogP contribution in [0, 0.1) is 0 Å². The molecule has 7 heteroatoms. The Kier molecular flexibility index (Phi) is 4.12. The molecule has 6 nitrogen and oxygen atoms in total. The lowest BCUT2D eigenvalue weighted by Crippen LogP contribution is -2.67. The van der Waals surface area contributed by atoms with Gasteiger partial charge < -0.3 is 30.0 Å². The van der Waals surface area contributed by atoms with Crippen molar-refractivity contribution in [1.82, 2.24) is 0 Å². The van der Waals surface area contributed by atoms with Crippen LogP contribution < -0.4 is 15.7 Å². The summed E-state index contributed by atoms with van der Waals surface area (Å²) < 4.78 is 10.1. The van der Waals surface area contributed by atoms with Gasteiger partial charge in [-0.3, -0.25) is 0 Å². The highest BCUT2D eigenvalue weighted by atomic mass is 31.2. The van der Waals surface area contributed by atoms with Gasteiger partial charge >= 0.3 is 0 Å².